The summed E-state index contributed by atoms with van der Waals surface area (Å²) in [5, 5.41) is 5.17. The van der Waals surface area contributed by atoms with Gasteiger partial charge in [-0.15, -0.1) is 0 Å². The number of aromatic nitrogens is 1. The van der Waals surface area contributed by atoms with Crippen LogP contribution in [0.25, 0.3) is 0 Å². The van der Waals surface area contributed by atoms with Gasteiger partial charge in [0.2, 0.25) is 0 Å². The van der Waals surface area contributed by atoms with Gasteiger partial charge < -0.3 is 10.6 Å². The minimum absolute atomic E-state index is 0.0104. The van der Waals surface area contributed by atoms with Crippen molar-refractivity contribution in [3.63, 3.8) is 0 Å². The first-order valence-corrected chi connectivity index (χ1v) is 10.2. The molecule has 1 aliphatic rings. The quantitative estimate of drug-likeness (QED) is 0.793. The van der Waals surface area contributed by atoms with Crippen molar-refractivity contribution < 1.29 is 22.4 Å². The zero-order valence-electron chi connectivity index (χ0n) is 14.3. The maximum absolute atomic E-state index is 13.6. The molecule has 1 fully saturated rings. The third kappa shape index (κ3) is 4.88. The largest absolute Gasteiger partial charge is 0.347 e. The Bertz CT molecular complexity index is 978. The Morgan fingerprint density at radius 1 is 1.07 bits per heavy atom. The van der Waals surface area contributed by atoms with Crippen molar-refractivity contribution in [2.24, 2.45) is 0 Å². The Labute approximate surface area is 155 Å². The van der Waals surface area contributed by atoms with E-state index in [-0.39, 0.29) is 29.4 Å². The molecule has 7 nitrogen and oxygen atoms in total. The van der Waals surface area contributed by atoms with Gasteiger partial charge in [-0.2, -0.15) is 0 Å². The van der Waals surface area contributed by atoms with Crippen LogP contribution in [0.4, 0.5) is 4.39 Å². The first-order chi connectivity index (χ1) is 12.8. The van der Waals surface area contributed by atoms with Crippen molar-refractivity contribution in [3.05, 3.63) is 65.2 Å². The Morgan fingerprint density at radius 2 is 1.78 bits per heavy atom. The number of halogens is 1. The Morgan fingerprint density at radius 3 is 2.44 bits per heavy atom. The van der Waals surface area contributed by atoms with Crippen LogP contribution in [0.1, 0.15) is 33.0 Å². The third-order valence-corrected chi connectivity index (χ3v) is 5.95. The molecular formula is C18H18FN3O4S. The fourth-order valence-electron chi connectivity index (χ4n) is 2.76. The molecule has 1 unspecified atom stereocenters. The van der Waals surface area contributed by atoms with Gasteiger partial charge in [0, 0.05) is 18.2 Å². The summed E-state index contributed by atoms with van der Waals surface area (Å²) in [5.41, 5.74) is 0.359. The maximum atomic E-state index is 13.6. The van der Waals surface area contributed by atoms with E-state index in [0.29, 0.717) is 12.0 Å². The Balaban J connectivity index is 1.63. The SMILES string of the molecule is O=C(NCc1ccccc1F)c1cccc(C(=O)NC2CCS(=O)(=O)C2)n1. The lowest BCUT2D eigenvalue weighted by Crippen LogP contribution is -2.36. The molecule has 1 saturated heterocycles. The van der Waals surface area contributed by atoms with Crippen molar-refractivity contribution in [2.45, 2.75) is 19.0 Å². The Kier molecular flexibility index (Phi) is 5.50. The number of nitrogens with zero attached hydrogens (tertiary/aromatic N) is 1. The van der Waals surface area contributed by atoms with Crippen LogP contribution in [-0.2, 0) is 16.4 Å². The summed E-state index contributed by atoms with van der Waals surface area (Å²) >= 11 is 0. The standard InChI is InChI=1S/C18H18FN3O4S/c19-14-5-2-1-4-12(14)10-20-17(23)15-6-3-7-16(22-15)18(24)21-13-8-9-27(25,26)11-13/h1-7,13H,8-11H2,(H,20,23)(H,21,24). The predicted octanol–water partition coefficient (Wildman–Crippen LogP) is 1.07. The normalized spacial score (nSPS) is 18.0. The minimum Gasteiger partial charge on any atom is -0.347 e. The van der Waals surface area contributed by atoms with Gasteiger partial charge in [0.1, 0.15) is 17.2 Å². The molecule has 0 saturated carbocycles. The van der Waals surface area contributed by atoms with Crippen molar-refractivity contribution in [1.29, 1.82) is 0 Å². The maximum Gasteiger partial charge on any atom is 0.270 e. The van der Waals surface area contributed by atoms with E-state index in [0.717, 1.165) is 0 Å². The van der Waals surface area contributed by atoms with E-state index >= 15 is 0 Å². The molecule has 1 aliphatic heterocycles. The molecule has 1 aromatic heterocycles. The van der Waals surface area contributed by atoms with Gasteiger partial charge in [-0.1, -0.05) is 24.3 Å². The highest BCUT2D eigenvalue weighted by Crippen LogP contribution is 2.12. The lowest BCUT2D eigenvalue weighted by atomic mass is 10.2. The topological polar surface area (TPSA) is 105 Å². The summed E-state index contributed by atoms with van der Waals surface area (Å²) in [5.74, 6) is -1.56. The molecule has 9 heteroatoms. The van der Waals surface area contributed by atoms with E-state index in [1.807, 2.05) is 0 Å². The lowest BCUT2D eigenvalue weighted by Gasteiger charge is -2.11. The molecule has 0 spiro atoms. The van der Waals surface area contributed by atoms with Crippen molar-refractivity contribution in [2.75, 3.05) is 11.5 Å². The number of nitrogens with one attached hydrogen (secondary N) is 2. The monoisotopic (exact) mass is 391 g/mol. The van der Waals surface area contributed by atoms with Gasteiger partial charge in [0.05, 0.1) is 11.5 Å². The molecule has 1 aromatic carbocycles. The van der Waals surface area contributed by atoms with Crippen molar-refractivity contribution >= 4 is 21.7 Å². The molecule has 0 bridgehead atoms. The fourth-order valence-corrected chi connectivity index (χ4v) is 4.44. The van der Waals surface area contributed by atoms with Gasteiger partial charge >= 0.3 is 0 Å². The number of carbonyl (C=O) groups excluding carboxylic acids is 2. The molecule has 3 rings (SSSR count). The minimum atomic E-state index is -3.11. The second-order valence-electron chi connectivity index (χ2n) is 6.26. The highest BCUT2D eigenvalue weighted by atomic mass is 32.2. The second kappa shape index (κ2) is 7.83. The molecule has 2 N–H and O–H groups in total. The van der Waals surface area contributed by atoms with E-state index in [1.54, 1.807) is 18.2 Å². The summed E-state index contributed by atoms with van der Waals surface area (Å²) in [4.78, 5) is 28.5. The van der Waals surface area contributed by atoms with E-state index in [1.165, 1.54) is 24.3 Å². The van der Waals surface area contributed by atoms with Gasteiger partial charge in [0.15, 0.2) is 9.84 Å². The van der Waals surface area contributed by atoms with Gasteiger partial charge in [-0.25, -0.2) is 17.8 Å². The van der Waals surface area contributed by atoms with Gasteiger partial charge in [-0.3, -0.25) is 9.59 Å². The third-order valence-electron chi connectivity index (χ3n) is 4.18. The molecule has 2 amide bonds. The van der Waals surface area contributed by atoms with E-state index in [4.69, 9.17) is 0 Å². The van der Waals surface area contributed by atoms with Crippen LogP contribution in [0.15, 0.2) is 42.5 Å². The summed E-state index contributed by atoms with van der Waals surface area (Å²) in [6, 6.07) is 10.0. The number of sulfone groups is 1. The lowest BCUT2D eigenvalue weighted by molar-refractivity contribution is 0.0934. The highest BCUT2D eigenvalue weighted by Gasteiger charge is 2.29. The summed E-state index contributed by atoms with van der Waals surface area (Å²) in [7, 11) is -3.11. The number of pyridine rings is 1. The van der Waals surface area contributed by atoms with Crippen molar-refractivity contribution in [1.82, 2.24) is 15.6 Å². The Hall–Kier alpha value is -2.81. The number of amides is 2. The van der Waals surface area contributed by atoms with Crippen LogP contribution in [0, 0.1) is 5.82 Å². The number of benzene rings is 1. The molecular weight excluding hydrogens is 373 g/mol. The zero-order chi connectivity index (χ0) is 19.4. The van der Waals surface area contributed by atoms with Crippen LogP contribution in [0.3, 0.4) is 0 Å². The first kappa shape index (κ1) is 19.0. The predicted molar refractivity (Wildman–Crippen MR) is 96.3 cm³/mol. The molecule has 0 radical (unpaired) electrons. The van der Waals surface area contributed by atoms with Gasteiger partial charge in [-0.05, 0) is 24.6 Å². The van der Waals surface area contributed by atoms with E-state index < -0.39 is 33.5 Å². The van der Waals surface area contributed by atoms with Gasteiger partial charge in [0.25, 0.3) is 11.8 Å². The van der Waals surface area contributed by atoms with E-state index in [2.05, 4.69) is 15.6 Å². The van der Waals surface area contributed by atoms with Crippen LogP contribution in [0.2, 0.25) is 0 Å². The first-order valence-electron chi connectivity index (χ1n) is 8.34. The van der Waals surface area contributed by atoms with Crippen LogP contribution in [0.5, 0.6) is 0 Å². The summed E-state index contributed by atoms with van der Waals surface area (Å²) < 4.78 is 36.5. The van der Waals surface area contributed by atoms with E-state index in [9.17, 15) is 22.4 Å². The van der Waals surface area contributed by atoms with Crippen molar-refractivity contribution in [3.8, 4) is 0 Å². The zero-order valence-corrected chi connectivity index (χ0v) is 15.1. The summed E-state index contributed by atoms with van der Waals surface area (Å²) in [6.45, 7) is -0.0104. The highest BCUT2D eigenvalue weighted by molar-refractivity contribution is 7.91. The number of rotatable bonds is 5. The van der Waals surface area contributed by atoms with Crippen LogP contribution < -0.4 is 10.6 Å². The van der Waals surface area contributed by atoms with Crippen LogP contribution >= 0.6 is 0 Å². The smallest absolute Gasteiger partial charge is 0.270 e. The number of carbonyl (C=O) groups is 2. The molecule has 2 heterocycles. The molecule has 0 aliphatic carbocycles. The molecule has 1 atom stereocenters. The average Bonchev–Trinajstić information content (AvgIpc) is 2.99. The molecule has 2 aromatic rings. The number of hydrogen-bond donors (Lipinski definition) is 2. The fraction of sp³-hybridized carbons (Fsp3) is 0.278. The number of hydrogen-bond acceptors (Lipinski definition) is 5. The second-order valence-corrected chi connectivity index (χ2v) is 8.48. The summed E-state index contributed by atoms with van der Waals surface area (Å²) in [6.07, 6.45) is 0.358. The molecule has 27 heavy (non-hydrogen) atoms. The molecule has 142 valence electrons. The average molecular weight is 391 g/mol. The van der Waals surface area contributed by atoms with Crippen LogP contribution in [-0.4, -0.2) is 42.8 Å².